The number of aromatic carboxylic acids is 1. The number of benzene rings is 2. The van der Waals surface area contributed by atoms with Crippen molar-refractivity contribution >= 4 is 41.2 Å². The number of thiol groups is 1. The zero-order valence-corrected chi connectivity index (χ0v) is 11.8. The molecule has 0 aliphatic heterocycles. The molecule has 0 amide bonds. The molecular formula is C13H10NO4S2-. The lowest BCUT2D eigenvalue weighted by Gasteiger charge is -2.27. The second-order valence-corrected chi connectivity index (χ2v) is 5.17. The smallest absolute Gasteiger partial charge is 0.337 e. The van der Waals surface area contributed by atoms with Gasteiger partial charge < -0.3 is 9.66 Å². The van der Waals surface area contributed by atoms with Gasteiger partial charge in [-0.2, -0.15) is 0 Å². The zero-order valence-electron chi connectivity index (χ0n) is 10.1. The number of carboxylic acid groups (broad SMARTS) is 1. The summed E-state index contributed by atoms with van der Waals surface area (Å²) in [5.41, 5.74) is 0.330. The van der Waals surface area contributed by atoms with E-state index in [0.29, 0.717) is 10.6 Å². The Labute approximate surface area is 123 Å². The minimum atomic E-state index is -2.64. The SMILES string of the molecule is O=C(O)c1ccccc1N(c1ccc(S)cc1)S(=O)[O-]. The molecule has 1 atom stereocenters. The Bertz CT molecular complexity index is 658. The molecule has 20 heavy (non-hydrogen) atoms. The van der Waals surface area contributed by atoms with Gasteiger partial charge in [0.2, 0.25) is 0 Å². The van der Waals surface area contributed by atoms with Crippen molar-refractivity contribution in [3.8, 4) is 0 Å². The Morgan fingerprint density at radius 1 is 1.15 bits per heavy atom. The average molecular weight is 308 g/mol. The van der Waals surface area contributed by atoms with Crippen molar-refractivity contribution in [2.75, 3.05) is 4.31 Å². The molecule has 0 spiro atoms. The zero-order chi connectivity index (χ0) is 14.7. The number of carbonyl (C=O) groups is 1. The first-order chi connectivity index (χ1) is 9.50. The Balaban J connectivity index is 2.58. The predicted octanol–water partition coefficient (Wildman–Crippen LogP) is 2.61. The number of rotatable bonds is 4. The molecular weight excluding hydrogens is 298 g/mol. The van der Waals surface area contributed by atoms with E-state index in [9.17, 15) is 13.6 Å². The Morgan fingerprint density at radius 2 is 1.75 bits per heavy atom. The maximum absolute atomic E-state index is 11.5. The Kier molecular flexibility index (Phi) is 4.43. The van der Waals surface area contributed by atoms with Gasteiger partial charge in [-0.3, -0.25) is 8.51 Å². The van der Waals surface area contributed by atoms with Crippen molar-refractivity contribution in [3.05, 3.63) is 54.1 Å². The van der Waals surface area contributed by atoms with E-state index >= 15 is 0 Å². The molecule has 1 unspecified atom stereocenters. The van der Waals surface area contributed by atoms with Crippen molar-refractivity contribution in [1.29, 1.82) is 0 Å². The summed E-state index contributed by atoms with van der Waals surface area (Å²) in [6.07, 6.45) is 0. The molecule has 0 saturated heterocycles. The van der Waals surface area contributed by atoms with Gasteiger partial charge >= 0.3 is 5.97 Å². The first-order valence-electron chi connectivity index (χ1n) is 5.51. The number of hydrogen-bond acceptors (Lipinski definition) is 4. The molecule has 5 nitrogen and oxygen atoms in total. The molecule has 1 N–H and O–H groups in total. The second-order valence-electron chi connectivity index (χ2n) is 3.85. The van der Waals surface area contributed by atoms with Crippen LogP contribution in [0.25, 0.3) is 0 Å². The van der Waals surface area contributed by atoms with Crippen LogP contribution in [0.15, 0.2) is 53.4 Å². The Hall–Kier alpha value is -1.83. The van der Waals surface area contributed by atoms with Crippen LogP contribution in [0, 0.1) is 0 Å². The first kappa shape index (κ1) is 14.6. The monoisotopic (exact) mass is 308 g/mol. The van der Waals surface area contributed by atoms with Crippen LogP contribution in [0.3, 0.4) is 0 Å². The van der Waals surface area contributed by atoms with Gasteiger partial charge in [0.05, 0.1) is 28.2 Å². The lowest BCUT2D eigenvalue weighted by atomic mass is 10.1. The normalized spacial score (nSPS) is 11.9. The van der Waals surface area contributed by atoms with E-state index in [4.69, 9.17) is 5.11 Å². The molecule has 0 saturated carbocycles. The van der Waals surface area contributed by atoms with Crippen molar-refractivity contribution in [3.63, 3.8) is 0 Å². The van der Waals surface area contributed by atoms with E-state index in [1.54, 1.807) is 30.3 Å². The maximum atomic E-state index is 11.5. The first-order valence-corrected chi connectivity index (χ1v) is 6.99. The third-order valence-electron chi connectivity index (χ3n) is 2.59. The molecule has 2 rings (SSSR count). The maximum Gasteiger partial charge on any atom is 0.337 e. The van der Waals surface area contributed by atoms with E-state index in [1.807, 2.05) is 0 Å². The quantitative estimate of drug-likeness (QED) is 0.672. The van der Waals surface area contributed by atoms with Crippen LogP contribution in [-0.2, 0) is 11.3 Å². The summed E-state index contributed by atoms with van der Waals surface area (Å²) < 4.78 is 23.9. The Morgan fingerprint density at radius 3 is 2.30 bits per heavy atom. The summed E-state index contributed by atoms with van der Waals surface area (Å²) in [6.45, 7) is 0. The second kappa shape index (κ2) is 6.08. The predicted molar refractivity (Wildman–Crippen MR) is 78.2 cm³/mol. The van der Waals surface area contributed by atoms with E-state index in [0.717, 1.165) is 4.31 Å². The fourth-order valence-electron chi connectivity index (χ4n) is 1.73. The number of carboxylic acids is 1. The molecule has 0 aliphatic rings. The third kappa shape index (κ3) is 3.01. The van der Waals surface area contributed by atoms with Gasteiger partial charge in [0.25, 0.3) is 0 Å². The van der Waals surface area contributed by atoms with Crippen LogP contribution < -0.4 is 4.31 Å². The molecule has 0 aliphatic carbocycles. The molecule has 2 aromatic rings. The topological polar surface area (TPSA) is 80.7 Å². The number of anilines is 2. The van der Waals surface area contributed by atoms with Crippen LogP contribution in [0.4, 0.5) is 11.4 Å². The summed E-state index contributed by atoms with van der Waals surface area (Å²) >= 11 is 1.48. The molecule has 104 valence electrons. The average Bonchev–Trinajstić information content (AvgIpc) is 2.41. The molecule has 7 heteroatoms. The molecule has 0 radical (unpaired) electrons. The van der Waals surface area contributed by atoms with Crippen molar-refractivity contribution < 1.29 is 18.7 Å². The summed E-state index contributed by atoms with van der Waals surface area (Å²) in [6, 6.07) is 12.3. The minimum absolute atomic E-state index is 0.0836. The van der Waals surface area contributed by atoms with Crippen LogP contribution in [0.5, 0.6) is 0 Å². The van der Waals surface area contributed by atoms with Gasteiger partial charge in [0.15, 0.2) is 0 Å². The summed E-state index contributed by atoms with van der Waals surface area (Å²) in [5.74, 6) is -1.19. The fraction of sp³-hybridized carbons (Fsp3) is 0. The van der Waals surface area contributed by atoms with Crippen molar-refractivity contribution in [2.24, 2.45) is 0 Å². The van der Waals surface area contributed by atoms with E-state index < -0.39 is 17.2 Å². The van der Waals surface area contributed by atoms with Crippen molar-refractivity contribution in [2.45, 2.75) is 4.90 Å². The van der Waals surface area contributed by atoms with Gasteiger partial charge in [-0.1, -0.05) is 12.1 Å². The van der Waals surface area contributed by atoms with E-state index in [-0.39, 0.29) is 11.3 Å². The number of hydrogen-bond donors (Lipinski definition) is 2. The molecule has 0 bridgehead atoms. The highest BCUT2D eigenvalue weighted by molar-refractivity contribution is 7.81. The molecule has 0 heterocycles. The lowest BCUT2D eigenvalue weighted by Crippen LogP contribution is -2.21. The largest absolute Gasteiger partial charge is 0.755 e. The van der Waals surface area contributed by atoms with E-state index in [1.165, 1.54) is 18.2 Å². The van der Waals surface area contributed by atoms with Gasteiger partial charge in [0, 0.05) is 4.90 Å². The molecule has 0 fully saturated rings. The summed E-state index contributed by atoms with van der Waals surface area (Å²) in [5, 5.41) is 9.15. The van der Waals surface area contributed by atoms with Gasteiger partial charge in [-0.15, -0.1) is 12.6 Å². The van der Waals surface area contributed by atoms with Gasteiger partial charge in [-0.25, -0.2) is 4.79 Å². The van der Waals surface area contributed by atoms with Crippen LogP contribution >= 0.6 is 12.6 Å². The number of para-hydroxylation sites is 1. The number of nitrogens with zero attached hydrogens (tertiary/aromatic N) is 1. The van der Waals surface area contributed by atoms with Crippen LogP contribution in [0.2, 0.25) is 0 Å². The summed E-state index contributed by atoms with van der Waals surface area (Å²) in [7, 11) is 0. The van der Waals surface area contributed by atoms with Crippen LogP contribution in [0.1, 0.15) is 10.4 Å². The van der Waals surface area contributed by atoms with Crippen LogP contribution in [-0.4, -0.2) is 19.8 Å². The highest BCUT2D eigenvalue weighted by Crippen LogP contribution is 2.30. The van der Waals surface area contributed by atoms with Gasteiger partial charge in [-0.05, 0) is 36.4 Å². The lowest BCUT2D eigenvalue weighted by molar-refractivity contribution is 0.0698. The van der Waals surface area contributed by atoms with Gasteiger partial charge in [0.1, 0.15) is 0 Å². The van der Waals surface area contributed by atoms with E-state index in [2.05, 4.69) is 12.6 Å². The molecule has 2 aromatic carbocycles. The standard InChI is InChI=1S/C13H11NO4S2/c15-13(16)11-3-1-2-4-12(11)14(20(17)18)9-5-7-10(19)8-6-9/h1-8,19H,(H,15,16)(H,17,18)/p-1. The highest BCUT2D eigenvalue weighted by Gasteiger charge is 2.17. The molecule has 0 aromatic heterocycles. The third-order valence-corrected chi connectivity index (χ3v) is 3.59. The highest BCUT2D eigenvalue weighted by atomic mass is 32.2. The minimum Gasteiger partial charge on any atom is -0.755 e. The van der Waals surface area contributed by atoms with Crippen molar-refractivity contribution in [1.82, 2.24) is 0 Å². The summed E-state index contributed by atoms with van der Waals surface area (Å²) in [4.78, 5) is 11.9. The fourth-order valence-corrected chi connectivity index (χ4v) is 2.49.